The van der Waals surface area contributed by atoms with Crippen LogP contribution in [0.5, 0.6) is 0 Å². The summed E-state index contributed by atoms with van der Waals surface area (Å²) in [4.78, 5) is 22.0. The van der Waals surface area contributed by atoms with Crippen molar-refractivity contribution in [1.29, 1.82) is 0 Å². The molecule has 16 heavy (non-hydrogen) atoms. The van der Waals surface area contributed by atoms with Gasteiger partial charge in [0.05, 0.1) is 12.7 Å². The van der Waals surface area contributed by atoms with Gasteiger partial charge >= 0.3 is 5.97 Å². The summed E-state index contributed by atoms with van der Waals surface area (Å²) in [5, 5.41) is 18.1. The van der Waals surface area contributed by atoms with Gasteiger partial charge in [0.2, 0.25) is 0 Å². The second-order valence-corrected chi connectivity index (χ2v) is 3.19. The lowest BCUT2D eigenvalue weighted by atomic mass is 10.3. The van der Waals surface area contributed by atoms with Crippen molar-refractivity contribution in [2.45, 2.75) is 19.5 Å². The molecule has 0 aliphatic rings. The molecule has 0 fully saturated rings. The van der Waals surface area contributed by atoms with Crippen LogP contribution in [-0.4, -0.2) is 44.6 Å². The third kappa shape index (κ3) is 3.02. The van der Waals surface area contributed by atoms with Crippen LogP contribution in [0.25, 0.3) is 0 Å². The number of carboxylic acids is 1. The van der Waals surface area contributed by atoms with Gasteiger partial charge in [-0.3, -0.25) is 14.3 Å². The van der Waals surface area contributed by atoms with Crippen LogP contribution in [0.2, 0.25) is 0 Å². The Labute approximate surface area is 91.4 Å². The molecular weight excluding hydrogens is 214 g/mol. The van der Waals surface area contributed by atoms with E-state index in [1.54, 1.807) is 0 Å². The number of carboxylic acid groups (broad SMARTS) is 1. The van der Waals surface area contributed by atoms with Crippen molar-refractivity contribution >= 4 is 11.9 Å². The Balaban J connectivity index is 2.62. The molecule has 0 unspecified atom stereocenters. The van der Waals surface area contributed by atoms with Crippen LogP contribution in [0.4, 0.5) is 0 Å². The molecule has 8 nitrogen and oxygen atoms in total. The third-order valence-electron chi connectivity index (χ3n) is 1.85. The Morgan fingerprint density at radius 1 is 1.69 bits per heavy atom. The molecule has 1 amide bonds. The number of carbonyl (C=O) groups excluding carboxylic acids is 1. The molecule has 0 aliphatic carbocycles. The molecule has 0 spiro atoms. The maximum absolute atomic E-state index is 11.5. The molecule has 0 aromatic carbocycles. The standard InChI is InChI=1S/C8H13N5O3/c1-5(8(15)16)10-7(14)6-4-13(3-2-9)12-11-6/h4-5H,2-3,9H2,1H3,(H,10,14)(H,15,16)/t5-/m1/s1. The van der Waals surface area contributed by atoms with Gasteiger partial charge in [-0.25, -0.2) is 0 Å². The minimum absolute atomic E-state index is 0.0709. The lowest BCUT2D eigenvalue weighted by Crippen LogP contribution is -2.38. The number of amides is 1. The summed E-state index contributed by atoms with van der Waals surface area (Å²) in [7, 11) is 0. The molecule has 4 N–H and O–H groups in total. The summed E-state index contributed by atoms with van der Waals surface area (Å²) in [6.45, 7) is 2.20. The first kappa shape index (κ1) is 12.1. The van der Waals surface area contributed by atoms with Gasteiger partial charge in [-0.15, -0.1) is 5.10 Å². The molecule has 0 saturated heterocycles. The highest BCUT2D eigenvalue weighted by Gasteiger charge is 2.17. The molecule has 1 aromatic rings. The quantitative estimate of drug-likeness (QED) is 0.559. The number of carbonyl (C=O) groups is 2. The number of aromatic nitrogens is 3. The topological polar surface area (TPSA) is 123 Å². The molecule has 1 atom stereocenters. The maximum Gasteiger partial charge on any atom is 0.325 e. The molecule has 0 bridgehead atoms. The zero-order valence-corrected chi connectivity index (χ0v) is 8.75. The minimum atomic E-state index is -1.11. The fourth-order valence-electron chi connectivity index (χ4n) is 0.976. The average Bonchev–Trinajstić information content (AvgIpc) is 2.66. The predicted molar refractivity (Wildman–Crippen MR) is 53.6 cm³/mol. The van der Waals surface area contributed by atoms with E-state index in [1.807, 2.05) is 0 Å². The van der Waals surface area contributed by atoms with Crippen molar-refractivity contribution in [2.75, 3.05) is 6.54 Å². The molecular formula is C8H13N5O3. The molecule has 1 aromatic heterocycles. The first-order valence-corrected chi connectivity index (χ1v) is 4.68. The molecule has 1 rings (SSSR count). The van der Waals surface area contributed by atoms with E-state index in [0.29, 0.717) is 13.1 Å². The summed E-state index contributed by atoms with van der Waals surface area (Å²) in [6.07, 6.45) is 1.41. The van der Waals surface area contributed by atoms with Crippen LogP contribution in [0.1, 0.15) is 17.4 Å². The van der Waals surface area contributed by atoms with E-state index in [-0.39, 0.29) is 5.69 Å². The molecule has 8 heteroatoms. The summed E-state index contributed by atoms with van der Waals surface area (Å²) >= 11 is 0. The second-order valence-electron chi connectivity index (χ2n) is 3.19. The van der Waals surface area contributed by atoms with Crippen LogP contribution in [-0.2, 0) is 11.3 Å². The van der Waals surface area contributed by atoms with E-state index in [1.165, 1.54) is 17.8 Å². The number of aliphatic carboxylic acids is 1. The Morgan fingerprint density at radius 2 is 2.38 bits per heavy atom. The van der Waals surface area contributed by atoms with E-state index in [9.17, 15) is 9.59 Å². The second kappa shape index (κ2) is 5.21. The number of hydrogen-bond acceptors (Lipinski definition) is 5. The Kier molecular flexibility index (Phi) is 3.95. The Morgan fingerprint density at radius 3 is 2.94 bits per heavy atom. The summed E-state index contributed by atoms with van der Waals surface area (Å²) in [6, 6.07) is -0.966. The largest absolute Gasteiger partial charge is 0.480 e. The molecule has 88 valence electrons. The number of nitrogens with zero attached hydrogens (tertiary/aromatic N) is 3. The van der Waals surface area contributed by atoms with Crippen molar-refractivity contribution in [3.05, 3.63) is 11.9 Å². The van der Waals surface area contributed by atoms with Crippen molar-refractivity contribution < 1.29 is 14.7 Å². The van der Waals surface area contributed by atoms with Gasteiger partial charge in [-0.2, -0.15) is 0 Å². The highest BCUT2D eigenvalue weighted by Crippen LogP contribution is 1.94. The smallest absolute Gasteiger partial charge is 0.325 e. The van der Waals surface area contributed by atoms with Crippen LogP contribution in [0.3, 0.4) is 0 Å². The lowest BCUT2D eigenvalue weighted by molar-refractivity contribution is -0.138. The van der Waals surface area contributed by atoms with Crippen molar-refractivity contribution in [2.24, 2.45) is 5.73 Å². The van der Waals surface area contributed by atoms with Gasteiger partial charge in [-0.05, 0) is 6.92 Å². The fraction of sp³-hybridized carbons (Fsp3) is 0.500. The van der Waals surface area contributed by atoms with Crippen molar-refractivity contribution in [3.8, 4) is 0 Å². The highest BCUT2D eigenvalue weighted by atomic mass is 16.4. The SMILES string of the molecule is C[C@@H](NC(=O)c1cn(CCN)nn1)C(=O)O. The van der Waals surface area contributed by atoms with Crippen LogP contribution >= 0.6 is 0 Å². The number of hydrogen-bond donors (Lipinski definition) is 3. The van der Waals surface area contributed by atoms with Crippen LogP contribution in [0, 0.1) is 0 Å². The minimum Gasteiger partial charge on any atom is -0.480 e. The number of nitrogens with two attached hydrogens (primary N) is 1. The van der Waals surface area contributed by atoms with Crippen LogP contribution < -0.4 is 11.1 Å². The van der Waals surface area contributed by atoms with Gasteiger partial charge in [-0.1, -0.05) is 5.21 Å². The molecule has 1 heterocycles. The molecule has 0 aliphatic heterocycles. The summed E-state index contributed by atoms with van der Waals surface area (Å²) in [5.41, 5.74) is 5.37. The highest BCUT2D eigenvalue weighted by molar-refractivity contribution is 5.94. The normalized spacial score (nSPS) is 12.1. The van der Waals surface area contributed by atoms with Crippen molar-refractivity contribution in [1.82, 2.24) is 20.3 Å². The first-order chi connectivity index (χ1) is 7.54. The zero-order chi connectivity index (χ0) is 12.1. The first-order valence-electron chi connectivity index (χ1n) is 4.68. The summed E-state index contributed by atoms with van der Waals surface area (Å²) < 4.78 is 1.42. The lowest BCUT2D eigenvalue weighted by Gasteiger charge is -2.06. The third-order valence-corrected chi connectivity index (χ3v) is 1.85. The Hall–Kier alpha value is -1.96. The molecule has 0 radical (unpaired) electrons. The van der Waals surface area contributed by atoms with Crippen LogP contribution in [0.15, 0.2) is 6.20 Å². The van der Waals surface area contributed by atoms with Gasteiger partial charge in [0.15, 0.2) is 5.69 Å². The van der Waals surface area contributed by atoms with E-state index in [2.05, 4.69) is 15.6 Å². The summed E-state index contributed by atoms with van der Waals surface area (Å²) in [5.74, 6) is -1.68. The van der Waals surface area contributed by atoms with E-state index in [0.717, 1.165) is 0 Å². The Bertz CT molecular complexity index is 389. The molecule has 0 saturated carbocycles. The van der Waals surface area contributed by atoms with E-state index >= 15 is 0 Å². The maximum atomic E-state index is 11.5. The fourth-order valence-corrected chi connectivity index (χ4v) is 0.976. The van der Waals surface area contributed by atoms with E-state index < -0.39 is 17.9 Å². The number of nitrogens with one attached hydrogen (secondary N) is 1. The van der Waals surface area contributed by atoms with Gasteiger partial charge < -0.3 is 16.2 Å². The predicted octanol–water partition coefficient (Wildman–Crippen LogP) is -1.56. The van der Waals surface area contributed by atoms with Gasteiger partial charge in [0.25, 0.3) is 5.91 Å². The average molecular weight is 227 g/mol. The monoisotopic (exact) mass is 227 g/mol. The van der Waals surface area contributed by atoms with Crippen molar-refractivity contribution in [3.63, 3.8) is 0 Å². The number of rotatable bonds is 5. The van der Waals surface area contributed by atoms with Gasteiger partial charge in [0, 0.05) is 6.54 Å². The zero-order valence-electron chi connectivity index (χ0n) is 8.75. The van der Waals surface area contributed by atoms with Gasteiger partial charge in [0.1, 0.15) is 6.04 Å². The van der Waals surface area contributed by atoms with E-state index in [4.69, 9.17) is 10.8 Å².